The number of piperidine rings is 1. The van der Waals surface area contributed by atoms with E-state index in [4.69, 9.17) is 9.57 Å². The van der Waals surface area contributed by atoms with Crippen LogP contribution in [0, 0.1) is 0 Å². The zero-order valence-electron chi connectivity index (χ0n) is 19.8. The average molecular weight is 486 g/mol. The molecule has 0 radical (unpaired) electrons. The number of fused-ring (bicyclic) bond motifs is 2. The number of aromatic nitrogens is 2. The van der Waals surface area contributed by atoms with Crippen LogP contribution in [0.5, 0.6) is 0 Å². The number of amides is 3. The molecule has 10 heteroatoms. The van der Waals surface area contributed by atoms with Gasteiger partial charge in [-0.25, -0.2) is 9.59 Å². The predicted octanol–water partition coefficient (Wildman–Crippen LogP) is 4.38. The summed E-state index contributed by atoms with van der Waals surface area (Å²) in [6, 6.07) is 9.90. The molecule has 3 heterocycles. The average Bonchev–Trinajstić information content (AvgIpc) is 3.33. The highest BCUT2D eigenvalue weighted by atomic mass is 32.1. The van der Waals surface area contributed by atoms with Crippen molar-refractivity contribution in [1.82, 2.24) is 25.5 Å². The molecule has 5 rings (SSSR count). The van der Waals surface area contributed by atoms with E-state index in [1.807, 2.05) is 56.0 Å². The summed E-state index contributed by atoms with van der Waals surface area (Å²) in [5, 5.41) is 15.2. The molecule has 1 saturated carbocycles. The van der Waals surface area contributed by atoms with E-state index in [1.54, 1.807) is 16.4 Å². The molecule has 3 aliphatic rings. The minimum atomic E-state index is -0.504. The molecule has 2 bridgehead atoms. The zero-order chi connectivity index (χ0) is 23.9. The van der Waals surface area contributed by atoms with Crippen molar-refractivity contribution in [2.75, 3.05) is 6.54 Å². The second kappa shape index (κ2) is 9.14. The van der Waals surface area contributed by atoms with Crippen LogP contribution >= 0.6 is 11.3 Å². The van der Waals surface area contributed by atoms with Gasteiger partial charge in [-0.1, -0.05) is 41.7 Å². The molecule has 0 unspecified atom stereocenters. The van der Waals surface area contributed by atoms with Crippen molar-refractivity contribution in [2.45, 2.75) is 82.7 Å². The minimum Gasteiger partial charge on any atom is -0.444 e. The number of hydrogen-bond donors (Lipinski definition) is 1. The Balaban J connectivity index is 1.15. The van der Waals surface area contributed by atoms with Gasteiger partial charge in [-0.2, -0.15) is 5.06 Å². The van der Waals surface area contributed by atoms with Crippen molar-refractivity contribution in [2.24, 2.45) is 0 Å². The molecule has 9 nitrogen and oxygen atoms in total. The lowest BCUT2D eigenvalue weighted by atomic mass is 9.81. The lowest BCUT2D eigenvalue weighted by Gasteiger charge is -2.34. The summed E-state index contributed by atoms with van der Waals surface area (Å²) in [5.74, 6) is 0.280. The molecular formula is C24H31N5O4S. The third-order valence-corrected chi connectivity index (χ3v) is 7.67. The van der Waals surface area contributed by atoms with Gasteiger partial charge in [-0.15, -0.1) is 10.2 Å². The first-order valence-corrected chi connectivity index (χ1v) is 12.7. The summed E-state index contributed by atoms with van der Waals surface area (Å²) < 4.78 is 5.33. The Bertz CT molecular complexity index is 1030. The summed E-state index contributed by atoms with van der Waals surface area (Å²) >= 11 is 1.59. The number of benzene rings is 1. The summed E-state index contributed by atoms with van der Waals surface area (Å²) in [6.45, 7) is 6.59. The number of hydroxylamine groups is 2. The maximum Gasteiger partial charge on any atom is 0.407 e. The molecule has 182 valence electrons. The van der Waals surface area contributed by atoms with E-state index in [1.165, 1.54) is 0 Å². The Hall–Kier alpha value is -2.72. The van der Waals surface area contributed by atoms with Crippen LogP contribution in [-0.4, -0.2) is 56.5 Å². The van der Waals surface area contributed by atoms with Gasteiger partial charge in [0.05, 0.1) is 12.1 Å². The monoisotopic (exact) mass is 485 g/mol. The standard InChI is InChI=1S/C24H31N5O4S/c1-24(2,3)33-22(30)25-17-11-16(12-17)20-26-27-21(34-20)19-10-9-18-13-28(19)23(31)29(18)32-14-15-7-5-4-6-8-15/h4-8,16-19H,9-14H2,1-3H3,(H,25,30)/t16-,17-,18-,19-/m0/s1. The number of carbonyl (C=O) groups excluding carboxylic acids is 2. The fraction of sp³-hybridized carbons (Fsp3) is 0.583. The molecule has 1 aromatic heterocycles. The van der Waals surface area contributed by atoms with Crippen molar-refractivity contribution in [3.05, 3.63) is 45.9 Å². The number of nitrogens with zero attached hydrogens (tertiary/aromatic N) is 4. The molecule has 1 aromatic carbocycles. The Kier molecular flexibility index (Phi) is 6.20. The number of rotatable bonds is 6. The fourth-order valence-electron chi connectivity index (χ4n) is 4.73. The van der Waals surface area contributed by atoms with Crippen molar-refractivity contribution >= 4 is 23.5 Å². The lowest BCUT2D eigenvalue weighted by Crippen LogP contribution is -2.45. The third-order valence-electron chi connectivity index (χ3n) is 6.49. The van der Waals surface area contributed by atoms with E-state index in [0.717, 1.165) is 41.3 Å². The van der Waals surface area contributed by atoms with Gasteiger partial charge in [0.2, 0.25) is 0 Å². The summed E-state index contributed by atoms with van der Waals surface area (Å²) in [6.07, 6.45) is 3.00. The first-order valence-electron chi connectivity index (χ1n) is 11.9. The highest BCUT2D eigenvalue weighted by Gasteiger charge is 2.47. The smallest absolute Gasteiger partial charge is 0.407 e. The molecule has 34 heavy (non-hydrogen) atoms. The van der Waals surface area contributed by atoms with Gasteiger partial charge in [0.15, 0.2) is 0 Å². The van der Waals surface area contributed by atoms with Crippen LogP contribution < -0.4 is 5.32 Å². The number of nitrogens with one attached hydrogen (secondary N) is 1. The van der Waals surface area contributed by atoms with Crippen LogP contribution in [0.25, 0.3) is 0 Å². The quantitative estimate of drug-likeness (QED) is 0.652. The van der Waals surface area contributed by atoms with Crippen LogP contribution in [0.2, 0.25) is 0 Å². The molecule has 2 aromatic rings. The summed E-state index contributed by atoms with van der Waals surface area (Å²) in [4.78, 5) is 32.8. The van der Waals surface area contributed by atoms with Gasteiger partial charge in [-0.05, 0) is 52.0 Å². The molecule has 3 fully saturated rings. The van der Waals surface area contributed by atoms with E-state index in [2.05, 4.69) is 15.5 Å². The van der Waals surface area contributed by atoms with Gasteiger partial charge in [0.25, 0.3) is 0 Å². The number of urea groups is 1. The minimum absolute atomic E-state index is 0.0592. The highest BCUT2D eigenvalue weighted by molar-refractivity contribution is 7.11. The van der Waals surface area contributed by atoms with Crippen molar-refractivity contribution in [3.8, 4) is 0 Å². The van der Waals surface area contributed by atoms with Crippen LogP contribution in [0.15, 0.2) is 30.3 Å². The molecular weight excluding hydrogens is 454 g/mol. The molecule has 2 saturated heterocycles. The molecule has 3 amide bonds. The molecule has 1 N–H and O–H groups in total. The van der Waals surface area contributed by atoms with E-state index < -0.39 is 5.60 Å². The van der Waals surface area contributed by atoms with E-state index >= 15 is 0 Å². The molecule has 2 atom stereocenters. The van der Waals surface area contributed by atoms with Gasteiger partial charge >= 0.3 is 12.1 Å². The van der Waals surface area contributed by atoms with Crippen LogP contribution in [-0.2, 0) is 16.2 Å². The fourth-order valence-corrected chi connectivity index (χ4v) is 5.85. The van der Waals surface area contributed by atoms with E-state index in [9.17, 15) is 9.59 Å². The van der Waals surface area contributed by atoms with Crippen LogP contribution in [0.1, 0.15) is 74.0 Å². The Labute approximate surface area is 203 Å². The molecule has 1 aliphatic carbocycles. The van der Waals surface area contributed by atoms with E-state index in [-0.39, 0.29) is 36.2 Å². The maximum absolute atomic E-state index is 13.1. The van der Waals surface area contributed by atoms with Gasteiger partial charge in [0.1, 0.15) is 22.2 Å². The Morgan fingerprint density at radius 2 is 1.88 bits per heavy atom. The predicted molar refractivity (Wildman–Crippen MR) is 126 cm³/mol. The number of alkyl carbamates (subject to hydrolysis) is 1. The van der Waals surface area contributed by atoms with Crippen molar-refractivity contribution < 1.29 is 19.2 Å². The van der Waals surface area contributed by atoms with Crippen molar-refractivity contribution in [1.29, 1.82) is 0 Å². The number of hydrogen-bond acceptors (Lipinski definition) is 7. The summed E-state index contributed by atoms with van der Waals surface area (Å²) in [7, 11) is 0. The Morgan fingerprint density at radius 3 is 2.62 bits per heavy atom. The molecule has 0 spiro atoms. The first kappa shape index (κ1) is 23.0. The second-order valence-electron chi connectivity index (χ2n) is 10.3. The van der Waals surface area contributed by atoms with E-state index in [0.29, 0.717) is 13.2 Å². The van der Waals surface area contributed by atoms with Crippen molar-refractivity contribution in [3.63, 3.8) is 0 Å². The van der Waals surface area contributed by atoms with Crippen LogP contribution in [0.4, 0.5) is 9.59 Å². The largest absolute Gasteiger partial charge is 0.444 e. The number of carbonyl (C=O) groups is 2. The second-order valence-corrected chi connectivity index (χ2v) is 11.3. The lowest BCUT2D eigenvalue weighted by molar-refractivity contribution is -0.140. The maximum atomic E-state index is 13.1. The van der Waals surface area contributed by atoms with Gasteiger partial charge in [-0.3, -0.25) is 4.84 Å². The third kappa shape index (κ3) is 4.88. The van der Waals surface area contributed by atoms with Gasteiger partial charge in [0, 0.05) is 18.5 Å². The molecule has 2 aliphatic heterocycles. The SMILES string of the molecule is CC(C)(C)OC(=O)N[C@H]1C[C@H](c2nnc([C@@H]3CC[C@H]4CN3C(=O)N4OCc3ccccc3)s2)C1. The van der Waals surface area contributed by atoms with Gasteiger partial charge < -0.3 is 15.0 Å². The number of ether oxygens (including phenoxy) is 1. The topological polar surface area (TPSA) is 96.9 Å². The first-order chi connectivity index (χ1) is 16.3. The highest BCUT2D eigenvalue weighted by Crippen LogP contribution is 2.43. The normalized spacial score (nSPS) is 26.4. The van der Waals surface area contributed by atoms with Crippen LogP contribution in [0.3, 0.4) is 0 Å². The summed E-state index contributed by atoms with van der Waals surface area (Å²) in [5.41, 5.74) is 0.534. The Morgan fingerprint density at radius 1 is 1.15 bits per heavy atom. The zero-order valence-corrected chi connectivity index (χ0v) is 20.6.